The average Bonchev–Trinajstić information content (AvgIpc) is 3.25. The molecule has 0 aliphatic carbocycles. The van der Waals surface area contributed by atoms with Crippen molar-refractivity contribution in [1.29, 1.82) is 0 Å². The second-order valence-electron chi connectivity index (χ2n) is 5.94. The van der Waals surface area contributed by atoms with Gasteiger partial charge < -0.3 is 9.97 Å². The summed E-state index contributed by atoms with van der Waals surface area (Å²) in [5.74, 6) is 0. The van der Waals surface area contributed by atoms with Crippen LogP contribution in [0.15, 0.2) is 79.0 Å². The van der Waals surface area contributed by atoms with Gasteiger partial charge in [-0.05, 0) is 36.4 Å². The Kier molecular flexibility index (Phi) is 2.79. The molecule has 2 aromatic carbocycles. The summed E-state index contributed by atoms with van der Waals surface area (Å²) in [7, 11) is 0. The van der Waals surface area contributed by atoms with Crippen molar-refractivity contribution in [2.45, 2.75) is 0 Å². The summed E-state index contributed by atoms with van der Waals surface area (Å²) in [4.78, 5) is 11.6. The van der Waals surface area contributed by atoms with Gasteiger partial charge in [0.15, 0.2) is 0 Å². The number of benzene rings is 2. The van der Waals surface area contributed by atoms with Gasteiger partial charge in [-0.15, -0.1) is 0 Å². The summed E-state index contributed by atoms with van der Waals surface area (Å²) >= 11 is 0. The maximum atomic E-state index is 4.64. The maximum Gasteiger partial charge on any atom is 0.0957 e. The Morgan fingerprint density at radius 2 is 1.25 bits per heavy atom. The van der Waals surface area contributed by atoms with E-state index in [9.17, 15) is 0 Å². The van der Waals surface area contributed by atoms with Crippen LogP contribution >= 0.6 is 0 Å². The highest BCUT2D eigenvalue weighted by atomic mass is 14.8. The van der Waals surface area contributed by atoms with Crippen LogP contribution in [0.5, 0.6) is 0 Å². The van der Waals surface area contributed by atoms with Crippen molar-refractivity contribution in [3.05, 3.63) is 79.0 Å². The number of hydrogen-bond acceptors (Lipinski definition) is 1. The lowest BCUT2D eigenvalue weighted by Crippen LogP contribution is -1.88. The quantitative estimate of drug-likeness (QED) is 0.452. The number of rotatable bonds is 2. The molecule has 0 unspecified atom stereocenters. The molecule has 5 aromatic rings. The molecule has 0 aliphatic rings. The van der Waals surface area contributed by atoms with Crippen LogP contribution < -0.4 is 0 Å². The molecule has 114 valence electrons. The van der Waals surface area contributed by atoms with Crippen LogP contribution in [0.4, 0.5) is 0 Å². The van der Waals surface area contributed by atoms with Gasteiger partial charge >= 0.3 is 0 Å². The number of nitrogens with zero attached hydrogens (tertiary/aromatic N) is 1. The van der Waals surface area contributed by atoms with Gasteiger partial charge in [0.2, 0.25) is 0 Å². The Hall–Kier alpha value is -3.33. The second kappa shape index (κ2) is 5.10. The molecular formula is C21H15N3. The number of nitrogens with one attached hydrogen (secondary N) is 2. The third-order valence-electron chi connectivity index (χ3n) is 4.41. The molecule has 0 amide bonds. The van der Waals surface area contributed by atoms with Gasteiger partial charge in [0.05, 0.1) is 11.4 Å². The minimum Gasteiger partial charge on any atom is -0.354 e. The number of H-pyrrole nitrogens is 2. The number of aromatic nitrogens is 3. The molecule has 0 aliphatic heterocycles. The molecule has 0 atom stereocenters. The lowest BCUT2D eigenvalue weighted by molar-refractivity contribution is 1.28. The molecule has 5 rings (SSSR count). The van der Waals surface area contributed by atoms with Crippen molar-refractivity contribution >= 4 is 21.8 Å². The number of para-hydroxylation sites is 2. The Bertz CT molecular complexity index is 1000. The Morgan fingerprint density at radius 3 is 1.96 bits per heavy atom. The highest BCUT2D eigenvalue weighted by molar-refractivity contribution is 5.91. The molecule has 0 radical (unpaired) electrons. The first kappa shape index (κ1) is 13.1. The molecule has 0 bridgehead atoms. The highest BCUT2D eigenvalue weighted by Gasteiger charge is 2.12. The maximum absolute atomic E-state index is 4.64. The van der Waals surface area contributed by atoms with Gasteiger partial charge in [0.1, 0.15) is 0 Å². The normalized spacial score (nSPS) is 11.3. The number of hydrogen-bond donors (Lipinski definition) is 2. The van der Waals surface area contributed by atoms with Gasteiger partial charge in [0.25, 0.3) is 0 Å². The van der Waals surface area contributed by atoms with Crippen molar-refractivity contribution in [1.82, 2.24) is 15.0 Å². The zero-order valence-corrected chi connectivity index (χ0v) is 13.0. The SMILES string of the molecule is c1cnc(-c2cc3ccccc3[nH]2)c(-c2cc3ccccc3[nH]2)c1. The van der Waals surface area contributed by atoms with Crippen LogP contribution in [0.2, 0.25) is 0 Å². The van der Waals surface area contributed by atoms with Crippen LogP contribution in [-0.2, 0) is 0 Å². The minimum atomic E-state index is 0.959. The Morgan fingerprint density at radius 1 is 0.625 bits per heavy atom. The van der Waals surface area contributed by atoms with E-state index in [0.29, 0.717) is 0 Å². The third-order valence-corrected chi connectivity index (χ3v) is 4.41. The van der Waals surface area contributed by atoms with E-state index in [4.69, 9.17) is 0 Å². The second-order valence-corrected chi connectivity index (χ2v) is 5.94. The van der Waals surface area contributed by atoms with Gasteiger partial charge in [-0.25, -0.2) is 0 Å². The lowest BCUT2D eigenvalue weighted by Gasteiger charge is -2.05. The monoisotopic (exact) mass is 309 g/mol. The van der Waals surface area contributed by atoms with Crippen molar-refractivity contribution < 1.29 is 0 Å². The molecule has 24 heavy (non-hydrogen) atoms. The molecule has 3 nitrogen and oxygen atoms in total. The number of pyridine rings is 1. The zero-order chi connectivity index (χ0) is 15.9. The minimum absolute atomic E-state index is 0.959. The van der Waals surface area contributed by atoms with Gasteiger partial charge in [-0.2, -0.15) is 0 Å². The van der Waals surface area contributed by atoms with E-state index in [1.807, 2.05) is 24.4 Å². The first-order chi connectivity index (χ1) is 11.9. The van der Waals surface area contributed by atoms with Crippen LogP contribution in [-0.4, -0.2) is 15.0 Å². The molecule has 2 N–H and O–H groups in total. The molecule has 3 heterocycles. The molecule has 0 saturated carbocycles. The highest BCUT2D eigenvalue weighted by Crippen LogP contribution is 2.32. The predicted octanol–water partition coefficient (Wildman–Crippen LogP) is 5.38. The lowest BCUT2D eigenvalue weighted by atomic mass is 10.1. The third kappa shape index (κ3) is 2.02. The molecule has 3 heteroatoms. The summed E-state index contributed by atoms with van der Waals surface area (Å²) in [5.41, 5.74) is 6.43. The fourth-order valence-electron chi connectivity index (χ4n) is 3.26. The van der Waals surface area contributed by atoms with Gasteiger partial charge in [-0.1, -0.05) is 36.4 Å². The first-order valence-electron chi connectivity index (χ1n) is 8.00. The largest absolute Gasteiger partial charge is 0.354 e. The van der Waals surface area contributed by atoms with Gasteiger partial charge in [0, 0.05) is 39.3 Å². The average molecular weight is 309 g/mol. The summed E-state index contributed by atoms with van der Waals surface area (Å²) in [6.45, 7) is 0. The number of fused-ring (bicyclic) bond motifs is 2. The Balaban J connectivity index is 1.72. The van der Waals surface area contributed by atoms with E-state index in [-0.39, 0.29) is 0 Å². The predicted molar refractivity (Wildman–Crippen MR) is 98.8 cm³/mol. The van der Waals surface area contributed by atoms with Gasteiger partial charge in [-0.3, -0.25) is 4.98 Å². The molecule has 0 spiro atoms. The van der Waals surface area contributed by atoms with E-state index in [2.05, 4.69) is 69.5 Å². The molecular weight excluding hydrogens is 294 g/mol. The topological polar surface area (TPSA) is 44.5 Å². The summed E-state index contributed by atoms with van der Waals surface area (Å²) in [6.07, 6.45) is 1.84. The van der Waals surface area contributed by atoms with E-state index in [0.717, 1.165) is 33.7 Å². The molecule has 0 fully saturated rings. The van der Waals surface area contributed by atoms with Crippen molar-refractivity contribution in [2.24, 2.45) is 0 Å². The Labute approximate surface area is 139 Å². The molecule has 0 saturated heterocycles. The fraction of sp³-hybridized carbons (Fsp3) is 0. The van der Waals surface area contributed by atoms with E-state index >= 15 is 0 Å². The van der Waals surface area contributed by atoms with Crippen LogP contribution in [0, 0.1) is 0 Å². The molecule has 3 aromatic heterocycles. The zero-order valence-electron chi connectivity index (χ0n) is 13.0. The van der Waals surface area contributed by atoms with Crippen molar-refractivity contribution in [2.75, 3.05) is 0 Å². The van der Waals surface area contributed by atoms with E-state index < -0.39 is 0 Å². The van der Waals surface area contributed by atoms with E-state index in [1.165, 1.54) is 10.8 Å². The van der Waals surface area contributed by atoms with Crippen LogP contribution in [0.3, 0.4) is 0 Å². The van der Waals surface area contributed by atoms with Crippen molar-refractivity contribution in [3.8, 4) is 22.6 Å². The van der Waals surface area contributed by atoms with Crippen molar-refractivity contribution in [3.63, 3.8) is 0 Å². The fourth-order valence-corrected chi connectivity index (χ4v) is 3.26. The summed E-state index contributed by atoms with van der Waals surface area (Å²) < 4.78 is 0. The summed E-state index contributed by atoms with van der Waals surface area (Å²) in [5, 5.41) is 2.40. The first-order valence-corrected chi connectivity index (χ1v) is 8.00. The van der Waals surface area contributed by atoms with Crippen LogP contribution in [0.25, 0.3) is 44.5 Å². The standard InChI is InChI=1S/C21H15N3/c1-3-9-17-14(6-1)12-19(23-17)16-8-5-11-22-21(16)20-13-15-7-2-4-10-18(15)24-20/h1-13,23-24H. The van der Waals surface area contributed by atoms with Crippen LogP contribution in [0.1, 0.15) is 0 Å². The smallest absolute Gasteiger partial charge is 0.0957 e. The van der Waals surface area contributed by atoms with E-state index in [1.54, 1.807) is 0 Å². The summed E-state index contributed by atoms with van der Waals surface area (Å²) in [6, 6.07) is 25.0. The number of aromatic amines is 2.